The van der Waals surface area contributed by atoms with Gasteiger partial charge in [-0.2, -0.15) is 0 Å². The Labute approximate surface area is 193 Å². The highest BCUT2D eigenvalue weighted by molar-refractivity contribution is 6.27. The van der Waals surface area contributed by atoms with Crippen LogP contribution in [0.3, 0.4) is 0 Å². The van der Waals surface area contributed by atoms with Crippen LogP contribution in [0, 0.1) is 0 Å². The van der Waals surface area contributed by atoms with E-state index in [1.165, 1.54) is 0 Å². The Balaban J connectivity index is 2.06. The van der Waals surface area contributed by atoms with Gasteiger partial charge in [0.1, 0.15) is 11.6 Å². The quantitative estimate of drug-likeness (QED) is 0.174. The zero-order valence-electron chi connectivity index (χ0n) is 17.3. The molecule has 1 atom stereocenters. The smallest absolute Gasteiger partial charge is 0.326 e. The van der Waals surface area contributed by atoms with Gasteiger partial charge in [-0.15, -0.1) is 23.2 Å². The summed E-state index contributed by atoms with van der Waals surface area (Å²) in [5, 5.41) is 0. The molecule has 0 amide bonds. The van der Waals surface area contributed by atoms with Crippen LogP contribution < -0.4 is 4.74 Å². The molecule has 3 aromatic carbocycles. The molecular weight excluding hydrogens is 431 g/mol. The molecule has 160 valence electrons. The third-order valence-corrected chi connectivity index (χ3v) is 6.00. The first-order valence-corrected chi connectivity index (χ1v) is 11.2. The summed E-state index contributed by atoms with van der Waals surface area (Å²) in [4.78, 5) is 23.2. The highest BCUT2D eigenvalue weighted by atomic mass is 35.5. The van der Waals surface area contributed by atoms with Crippen LogP contribution in [0.25, 0.3) is 0 Å². The van der Waals surface area contributed by atoms with Crippen LogP contribution in [-0.4, -0.2) is 23.5 Å². The molecule has 0 N–H and O–H groups in total. The van der Waals surface area contributed by atoms with E-state index < -0.39 is 11.4 Å². The number of benzene rings is 3. The summed E-state index contributed by atoms with van der Waals surface area (Å²) in [5.74, 6) is -0.195. The first-order chi connectivity index (χ1) is 15.0. The Kier molecular flexibility index (Phi) is 7.89. The fourth-order valence-corrected chi connectivity index (χ4v) is 4.13. The summed E-state index contributed by atoms with van der Waals surface area (Å²) in [7, 11) is 0. The van der Waals surface area contributed by atoms with Crippen LogP contribution in [0.5, 0.6) is 5.75 Å². The minimum absolute atomic E-state index is 0.00122. The molecule has 0 aliphatic rings. The van der Waals surface area contributed by atoms with Gasteiger partial charge in [0.25, 0.3) is 0 Å². The lowest BCUT2D eigenvalue weighted by molar-refractivity contribution is -0.131. The fourth-order valence-electron chi connectivity index (χ4n) is 3.98. The van der Waals surface area contributed by atoms with Gasteiger partial charge in [0.05, 0.1) is 5.88 Å². The number of esters is 1. The van der Waals surface area contributed by atoms with Gasteiger partial charge in [-0.1, -0.05) is 73.7 Å². The Morgan fingerprint density at radius 2 is 1.32 bits per heavy atom. The number of rotatable bonds is 9. The molecular formula is C26H24Cl2O3. The molecule has 5 heteroatoms. The molecule has 3 nitrogen and oxygen atoms in total. The number of ketones is 1. The van der Waals surface area contributed by atoms with Crippen LogP contribution in [0.2, 0.25) is 0 Å². The van der Waals surface area contributed by atoms with Gasteiger partial charge in [0, 0.05) is 11.8 Å². The van der Waals surface area contributed by atoms with Crippen LogP contribution >= 0.6 is 23.2 Å². The third-order valence-electron chi connectivity index (χ3n) is 5.48. The van der Waals surface area contributed by atoms with E-state index >= 15 is 0 Å². The second-order valence-electron chi connectivity index (χ2n) is 7.30. The van der Waals surface area contributed by atoms with Gasteiger partial charge in [-0.25, -0.2) is 0 Å². The zero-order valence-corrected chi connectivity index (χ0v) is 18.8. The molecule has 0 saturated heterocycles. The number of carbonyl (C=O) groups excluding carboxylic acids is 2. The first kappa shape index (κ1) is 23.1. The Morgan fingerprint density at radius 1 is 0.774 bits per heavy atom. The lowest BCUT2D eigenvalue weighted by Crippen LogP contribution is -2.28. The number of carbonyl (C=O) groups is 2. The maximum absolute atomic E-state index is 11.7. The van der Waals surface area contributed by atoms with Gasteiger partial charge in [-0.05, 0) is 40.8 Å². The zero-order chi connectivity index (χ0) is 22.3. The lowest BCUT2D eigenvalue weighted by atomic mass is 9.67. The Morgan fingerprint density at radius 3 is 1.84 bits per heavy atom. The molecule has 0 radical (unpaired) electrons. The van der Waals surface area contributed by atoms with Crippen molar-refractivity contribution in [3.63, 3.8) is 0 Å². The van der Waals surface area contributed by atoms with Crippen molar-refractivity contribution in [3.05, 3.63) is 101 Å². The summed E-state index contributed by atoms with van der Waals surface area (Å²) in [6.07, 6.45) is 1.15. The first-order valence-electron chi connectivity index (χ1n) is 10.1. The SMILES string of the molecule is CCC(c1ccccc1)(c1ccc(CC(=O)CCl)cc1)c1ccc(OC(=O)CCl)cc1. The molecule has 0 fully saturated rings. The van der Waals surface area contributed by atoms with Crippen molar-refractivity contribution in [2.24, 2.45) is 0 Å². The number of hydrogen-bond donors (Lipinski definition) is 0. The average molecular weight is 455 g/mol. The lowest BCUT2D eigenvalue weighted by Gasteiger charge is -2.35. The average Bonchev–Trinajstić information content (AvgIpc) is 2.82. The van der Waals surface area contributed by atoms with Crippen LogP contribution in [0.15, 0.2) is 78.9 Å². The summed E-state index contributed by atoms with van der Waals surface area (Å²) in [6, 6.07) is 26.0. The molecule has 0 aromatic heterocycles. The van der Waals surface area contributed by atoms with E-state index in [0.717, 1.165) is 28.7 Å². The Hall–Kier alpha value is -2.62. The molecule has 3 aromatic rings. The maximum atomic E-state index is 11.7. The standard InChI is InChI=1S/C26H24Cl2O3/c1-2-26(20-6-4-3-5-7-20,21-10-8-19(9-11-21)16-23(29)17-27)22-12-14-24(15-13-22)31-25(30)18-28/h3-15H,2,16-18H2,1H3. The maximum Gasteiger partial charge on any atom is 0.326 e. The summed E-state index contributed by atoms with van der Waals surface area (Å²) in [6.45, 7) is 2.15. The molecule has 1 unspecified atom stereocenters. The van der Waals surface area contributed by atoms with Gasteiger partial charge in [0.2, 0.25) is 0 Å². The van der Waals surface area contributed by atoms with Crippen LogP contribution in [0.4, 0.5) is 0 Å². The molecule has 0 aliphatic carbocycles. The second-order valence-corrected chi connectivity index (χ2v) is 7.84. The van der Waals surface area contributed by atoms with Gasteiger partial charge in [0.15, 0.2) is 5.78 Å². The van der Waals surface area contributed by atoms with Crippen LogP contribution in [-0.2, 0) is 21.4 Å². The van der Waals surface area contributed by atoms with Crippen molar-refractivity contribution in [1.82, 2.24) is 0 Å². The summed E-state index contributed by atoms with van der Waals surface area (Å²) >= 11 is 11.2. The van der Waals surface area contributed by atoms with Crippen LogP contribution in [0.1, 0.15) is 35.6 Å². The molecule has 0 heterocycles. The molecule has 0 bridgehead atoms. The van der Waals surface area contributed by atoms with Crippen molar-refractivity contribution < 1.29 is 14.3 Å². The van der Waals surface area contributed by atoms with Crippen molar-refractivity contribution in [2.45, 2.75) is 25.2 Å². The van der Waals surface area contributed by atoms with E-state index in [0.29, 0.717) is 12.2 Å². The largest absolute Gasteiger partial charge is 0.426 e. The number of hydrogen-bond acceptors (Lipinski definition) is 3. The van der Waals surface area contributed by atoms with Crippen molar-refractivity contribution in [3.8, 4) is 5.75 Å². The van der Waals surface area contributed by atoms with E-state index in [1.54, 1.807) is 12.1 Å². The topological polar surface area (TPSA) is 43.4 Å². The number of halogens is 2. The summed E-state index contributed by atoms with van der Waals surface area (Å²) in [5.41, 5.74) is 3.90. The van der Waals surface area contributed by atoms with Crippen molar-refractivity contribution in [2.75, 3.05) is 11.8 Å². The molecule has 0 saturated carbocycles. The van der Waals surface area contributed by atoms with E-state index in [2.05, 4.69) is 31.2 Å². The molecule has 31 heavy (non-hydrogen) atoms. The monoisotopic (exact) mass is 454 g/mol. The second kappa shape index (κ2) is 10.6. The highest BCUT2D eigenvalue weighted by Gasteiger charge is 2.34. The number of Topliss-reactive ketones (excluding diaryl/α,β-unsaturated/α-hetero) is 1. The fraction of sp³-hybridized carbons (Fsp3) is 0.231. The Bertz CT molecular complexity index is 951. The van der Waals surface area contributed by atoms with E-state index in [1.807, 2.05) is 42.5 Å². The minimum atomic E-state index is -0.485. The normalized spacial score (nSPS) is 12.7. The van der Waals surface area contributed by atoms with E-state index in [4.69, 9.17) is 27.9 Å². The van der Waals surface area contributed by atoms with E-state index in [9.17, 15) is 9.59 Å². The van der Waals surface area contributed by atoms with Crippen molar-refractivity contribution in [1.29, 1.82) is 0 Å². The molecule has 0 spiro atoms. The van der Waals surface area contributed by atoms with Gasteiger partial charge in [-0.3, -0.25) is 9.59 Å². The molecule has 0 aliphatic heterocycles. The highest BCUT2D eigenvalue weighted by Crippen LogP contribution is 2.42. The third kappa shape index (κ3) is 5.17. The van der Waals surface area contributed by atoms with Crippen molar-refractivity contribution >= 4 is 35.0 Å². The molecule has 3 rings (SSSR count). The van der Waals surface area contributed by atoms with Gasteiger partial charge < -0.3 is 4.74 Å². The predicted octanol–water partition coefficient (Wildman–Crippen LogP) is 5.93. The van der Waals surface area contributed by atoms with E-state index in [-0.39, 0.29) is 17.5 Å². The number of ether oxygens (including phenoxy) is 1. The summed E-state index contributed by atoms with van der Waals surface area (Å²) < 4.78 is 5.23. The van der Waals surface area contributed by atoms with Gasteiger partial charge >= 0.3 is 5.97 Å². The predicted molar refractivity (Wildman–Crippen MR) is 125 cm³/mol. The minimum Gasteiger partial charge on any atom is -0.426 e. The number of alkyl halides is 2.